The number of aliphatic hydroxyl groups is 1. The molecular weight excluding hydrogens is 160 g/mol. The molecule has 78 valence electrons. The molecule has 0 aliphatic carbocycles. The molecule has 0 amide bonds. The maximum atomic E-state index is 9.69. The van der Waals surface area contributed by atoms with Crippen molar-refractivity contribution < 1.29 is 5.11 Å². The quantitative estimate of drug-likeness (QED) is 0.665. The number of rotatable bonds is 4. The fraction of sp³-hybridized carbons (Fsp3) is 0.833. The summed E-state index contributed by atoms with van der Waals surface area (Å²) in [6, 6.07) is 0. The standard InChI is InChI=1S/C12H24O/c1-9(2)10(3)7-8-11(4)12(5,6)13/h7-11,13H,1-6H3/b8-7+/t10?,11-/m0/s1. The van der Waals surface area contributed by atoms with Crippen molar-refractivity contribution in [3.05, 3.63) is 12.2 Å². The maximum Gasteiger partial charge on any atom is 0.0651 e. The molecular formula is C12H24O. The monoisotopic (exact) mass is 184 g/mol. The van der Waals surface area contributed by atoms with Gasteiger partial charge in [-0.15, -0.1) is 0 Å². The lowest BCUT2D eigenvalue weighted by molar-refractivity contribution is 0.0439. The van der Waals surface area contributed by atoms with Gasteiger partial charge in [0.25, 0.3) is 0 Å². The molecule has 0 fully saturated rings. The van der Waals surface area contributed by atoms with Gasteiger partial charge in [0.05, 0.1) is 5.60 Å². The topological polar surface area (TPSA) is 20.2 Å². The van der Waals surface area contributed by atoms with Gasteiger partial charge in [0.1, 0.15) is 0 Å². The average molecular weight is 184 g/mol. The predicted molar refractivity (Wildman–Crippen MR) is 58.6 cm³/mol. The summed E-state index contributed by atoms with van der Waals surface area (Å²) in [4.78, 5) is 0. The van der Waals surface area contributed by atoms with E-state index in [1.807, 2.05) is 20.8 Å². The van der Waals surface area contributed by atoms with E-state index in [4.69, 9.17) is 0 Å². The van der Waals surface area contributed by atoms with Crippen LogP contribution in [0.25, 0.3) is 0 Å². The van der Waals surface area contributed by atoms with Crippen LogP contribution >= 0.6 is 0 Å². The van der Waals surface area contributed by atoms with Crippen LogP contribution in [0.1, 0.15) is 41.5 Å². The molecule has 1 unspecified atom stereocenters. The normalized spacial score (nSPS) is 18.2. The lowest BCUT2D eigenvalue weighted by Crippen LogP contribution is -2.27. The molecule has 0 aliphatic heterocycles. The molecule has 0 heterocycles. The summed E-state index contributed by atoms with van der Waals surface area (Å²) >= 11 is 0. The number of allylic oxidation sites excluding steroid dienone is 1. The van der Waals surface area contributed by atoms with Gasteiger partial charge in [-0.25, -0.2) is 0 Å². The Morgan fingerprint density at radius 1 is 1.00 bits per heavy atom. The minimum absolute atomic E-state index is 0.216. The molecule has 1 heteroatoms. The lowest BCUT2D eigenvalue weighted by atomic mass is 9.90. The number of hydrogen-bond acceptors (Lipinski definition) is 1. The molecule has 0 spiro atoms. The van der Waals surface area contributed by atoms with E-state index in [-0.39, 0.29) is 5.92 Å². The first kappa shape index (κ1) is 12.7. The second kappa shape index (κ2) is 4.80. The van der Waals surface area contributed by atoms with E-state index in [9.17, 15) is 5.11 Å². The lowest BCUT2D eigenvalue weighted by Gasteiger charge is -2.23. The van der Waals surface area contributed by atoms with Gasteiger partial charge in [-0.05, 0) is 25.7 Å². The second-order valence-corrected chi connectivity index (χ2v) is 4.93. The van der Waals surface area contributed by atoms with Gasteiger partial charge in [0.2, 0.25) is 0 Å². The van der Waals surface area contributed by atoms with Gasteiger partial charge in [-0.1, -0.05) is 39.8 Å². The van der Waals surface area contributed by atoms with Crippen LogP contribution in [-0.2, 0) is 0 Å². The summed E-state index contributed by atoms with van der Waals surface area (Å²) < 4.78 is 0. The zero-order valence-corrected chi connectivity index (χ0v) is 9.83. The summed E-state index contributed by atoms with van der Waals surface area (Å²) in [5.41, 5.74) is -0.604. The van der Waals surface area contributed by atoms with Gasteiger partial charge in [0, 0.05) is 5.92 Å². The molecule has 0 radical (unpaired) electrons. The van der Waals surface area contributed by atoms with Crippen molar-refractivity contribution in [1.82, 2.24) is 0 Å². The zero-order chi connectivity index (χ0) is 10.6. The van der Waals surface area contributed by atoms with E-state index in [2.05, 4.69) is 32.9 Å². The van der Waals surface area contributed by atoms with Gasteiger partial charge in [-0.3, -0.25) is 0 Å². The third kappa shape index (κ3) is 5.09. The highest BCUT2D eigenvalue weighted by Gasteiger charge is 2.19. The van der Waals surface area contributed by atoms with Crippen LogP contribution in [0.15, 0.2) is 12.2 Å². The van der Waals surface area contributed by atoms with Crippen LogP contribution in [0.5, 0.6) is 0 Å². The Morgan fingerprint density at radius 3 is 1.77 bits per heavy atom. The Hall–Kier alpha value is -0.300. The van der Waals surface area contributed by atoms with Gasteiger partial charge >= 0.3 is 0 Å². The van der Waals surface area contributed by atoms with Crippen molar-refractivity contribution in [2.24, 2.45) is 17.8 Å². The van der Waals surface area contributed by atoms with E-state index in [0.29, 0.717) is 11.8 Å². The van der Waals surface area contributed by atoms with Crippen LogP contribution in [0, 0.1) is 17.8 Å². The highest BCUT2D eigenvalue weighted by Crippen LogP contribution is 2.19. The minimum Gasteiger partial charge on any atom is -0.390 e. The first-order valence-electron chi connectivity index (χ1n) is 5.16. The van der Waals surface area contributed by atoms with E-state index < -0.39 is 5.60 Å². The van der Waals surface area contributed by atoms with Crippen LogP contribution in [0.4, 0.5) is 0 Å². The molecule has 0 bridgehead atoms. The van der Waals surface area contributed by atoms with Crippen molar-refractivity contribution in [2.75, 3.05) is 0 Å². The maximum absolute atomic E-state index is 9.69. The highest BCUT2D eigenvalue weighted by molar-refractivity contribution is 4.96. The van der Waals surface area contributed by atoms with E-state index in [1.165, 1.54) is 0 Å². The highest BCUT2D eigenvalue weighted by atomic mass is 16.3. The fourth-order valence-corrected chi connectivity index (χ4v) is 0.800. The van der Waals surface area contributed by atoms with E-state index in [0.717, 1.165) is 0 Å². The fourth-order valence-electron chi connectivity index (χ4n) is 0.800. The largest absolute Gasteiger partial charge is 0.390 e. The molecule has 0 saturated heterocycles. The smallest absolute Gasteiger partial charge is 0.0651 e. The summed E-state index contributed by atoms with van der Waals surface area (Å²) in [5.74, 6) is 1.48. The Labute approximate surface area is 82.9 Å². The molecule has 13 heavy (non-hydrogen) atoms. The zero-order valence-electron chi connectivity index (χ0n) is 9.83. The van der Waals surface area contributed by atoms with Crippen LogP contribution in [0.2, 0.25) is 0 Å². The van der Waals surface area contributed by atoms with Crippen molar-refractivity contribution in [1.29, 1.82) is 0 Å². The Kier molecular flexibility index (Phi) is 4.69. The van der Waals surface area contributed by atoms with Gasteiger partial charge in [-0.2, -0.15) is 0 Å². The van der Waals surface area contributed by atoms with Crippen molar-refractivity contribution in [3.8, 4) is 0 Å². The van der Waals surface area contributed by atoms with E-state index >= 15 is 0 Å². The van der Waals surface area contributed by atoms with Crippen molar-refractivity contribution in [3.63, 3.8) is 0 Å². The van der Waals surface area contributed by atoms with Crippen LogP contribution < -0.4 is 0 Å². The summed E-state index contributed by atoms with van der Waals surface area (Å²) in [6.45, 7) is 12.4. The molecule has 0 aromatic rings. The van der Waals surface area contributed by atoms with Crippen LogP contribution in [-0.4, -0.2) is 10.7 Å². The SMILES string of the molecule is CC(C)C(C)/C=C/[C@H](C)C(C)(C)O. The Bertz CT molecular complexity index is 162. The predicted octanol–water partition coefficient (Wildman–Crippen LogP) is 3.24. The molecule has 1 N–H and O–H groups in total. The first-order valence-corrected chi connectivity index (χ1v) is 5.16. The van der Waals surface area contributed by atoms with Crippen molar-refractivity contribution in [2.45, 2.75) is 47.1 Å². The Morgan fingerprint density at radius 2 is 1.46 bits per heavy atom. The Balaban J connectivity index is 4.12. The van der Waals surface area contributed by atoms with Gasteiger partial charge in [0.15, 0.2) is 0 Å². The van der Waals surface area contributed by atoms with E-state index in [1.54, 1.807) is 0 Å². The average Bonchev–Trinajstić information content (AvgIpc) is 1.97. The third-order valence-electron chi connectivity index (χ3n) is 2.87. The molecule has 2 atom stereocenters. The molecule has 0 saturated carbocycles. The first-order chi connectivity index (χ1) is 5.75. The van der Waals surface area contributed by atoms with Gasteiger partial charge < -0.3 is 5.11 Å². The van der Waals surface area contributed by atoms with Crippen molar-refractivity contribution >= 4 is 0 Å². The molecule has 1 nitrogen and oxygen atoms in total. The third-order valence-corrected chi connectivity index (χ3v) is 2.87. The second-order valence-electron chi connectivity index (χ2n) is 4.93. The summed E-state index contributed by atoms with van der Waals surface area (Å²) in [7, 11) is 0. The molecule has 0 aromatic heterocycles. The molecule has 0 rings (SSSR count). The van der Waals surface area contributed by atoms with Crippen LogP contribution in [0.3, 0.4) is 0 Å². The molecule has 0 aliphatic rings. The minimum atomic E-state index is -0.604. The number of hydrogen-bond donors (Lipinski definition) is 1. The summed E-state index contributed by atoms with van der Waals surface area (Å²) in [6.07, 6.45) is 4.32. The summed E-state index contributed by atoms with van der Waals surface area (Å²) in [5, 5.41) is 9.69. The molecule has 0 aromatic carbocycles.